The lowest BCUT2D eigenvalue weighted by atomic mass is 9.86. The first-order valence-corrected chi connectivity index (χ1v) is 17.2. The Morgan fingerprint density at radius 1 is 1.00 bits per heavy atom. The first-order valence-electron chi connectivity index (χ1n) is 17.2. The van der Waals surface area contributed by atoms with Crippen LogP contribution in [0.15, 0.2) is 60.8 Å². The third kappa shape index (κ3) is 6.49. The Kier molecular flexibility index (Phi) is 8.59. The Hall–Kier alpha value is -4.48. The first-order chi connectivity index (χ1) is 23.0. The van der Waals surface area contributed by atoms with Crippen molar-refractivity contribution in [3.63, 3.8) is 0 Å². The van der Waals surface area contributed by atoms with Gasteiger partial charge in [0.05, 0.1) is 23.5 Å². The molecule has 0 saturated carbocycles. The highest BCUT2D eigenvalue weighted by Crippen LogP contribution is 2.39. The van der Waals surface area contributed by atoms with Gasteiger partial charge >= 0.3 is 6.03 Å². The second-order valence-electron chi connectivity index (χ2n) is 14.7. The molecular formula is C37H47N9O2. The summed E-state index contributed by atoms with van der Waals surface area (Å²) in [6, 6.07) is 18.6. The molecule has 48 heavy (non-hydrogen) atoms. The minimum absolute atomic E-state index is 0.152. The van der Waals surface area contributed by atoms with E-state index in [1.807, 2.05) is 64.5 Å². The lowest BCUT2D eigenvalue weighted by molar-refractivity contribution is -0.190. The van der Waals surface area contributed by atoms with Crippen LogP contribution in [0.5, 0.6) is 0 Å². The number of nitrogens with zero attached hydrogens (tertiary/aromatic N) is 6. The Morgan fingerprint density at radius 2 is 1.77 bits per heavy atom. The van der Waals surface area contributed by atoms with Crippen molar-refractivity contribution in [1.82, 2.24) is 40.2 Å². The molecule has 2 aromatic carbocycles. The normalized spacial score (nSPS) is 22.1. The van der Waals surface area contributed by atoms with Gasteiger partial charge < -0.3 is 10.6 Å². The van der Waals surface area contributed by atoms with E-state index in [2.05, 4.69) is 84.4 Å². The quantitative estimate of drug-likeness (QED) is 0.196. The molecule has 0 radical (unpaired) electrons. The fourth-order valence-corrected chi connectivity index (χ4v) is 6.96. The van der Waals surface area contributed by atoms with Crippen molar-refractivity contribution in [2.24, 2.45) is 5.92 Å². The fourth-order valence-electron chi connectivity index (χ4n) is 6.96. The van der Waals surface area contributed by atoms with E-state index < -0.39 is 0 Å². The number of aryl methyl sites for hydroxylation is 1. The molecule has 1 saturated heterocycles. The second-order valence-corrected chi connectivity index (χ2v) is 14.7. The van der Waals surface area contributed by atoms with E-state index in [0.717, 1.165) is 65.4 Å². The Morgan fingerprint density at radius 3 is 2.50 bits per heavy atom. The molecule has 3 N–H and O–H groups in total. The van der Waals surface area contributed by atoms with Crippen LogP contribution in [0.3, 0.4) is 0 Å². The number of fused-ring (bicyclic) bond motifs is 2. The van der Waals surface area contributed by atoms with Gasteiger partial charge in [-0.15, -0.1) is 10.2 Å². The van der Waals surface area contributed by atoms with Crippen molar-refractivity contribution in [3.05, 3.63) is 94.8 Å². The number of nitrogens with one attached hydrogen (secondary N) is 3. The molecule has 2 aromatic heterocycles. The second kappa shape index (κ2) is 12.9. The van der Waals surface area contributed by atoms with Crippen LogP contribution in [0.4, 0.5) is 10.6 Å². The van der Waals surface area contributed by atoms with Crippen LogP contribution in [-0.2, 0) is 16.9 Å². The van der Waals surface area contributed by atoms with Gasteiger partial charge in [-0.1, -0.05) is 76.6 Å². The summed E-state index contributed by atoms with van der Waals surface area (Å²) in [5.41, 5.74) is 4.93. The zero-order valence-electron chi connectivity index (χ0n) is 28.8. The first kappa shape index (κ1) is 32.1. The van der Waals surface area contributed by atoms with Crippen molar-refractivity contribution in [3.8, 4) is 5.69 Å². The number of hydrogen-bond acceptors (Lipinski definition) is 7. The van der Waals surface area contributed by atoms with Crippen molar-refractivity contribution < 1.29 is 9.63 Å². The van der Waals surface area contributed by atoms with Gasteiger partial charge in [-0.05, 0) is 61.8 Å². The predicted molar refractivity (Wildman–Crippen MR) is 186 cm³/mol. The fraction of sp³-hybridized carbons (Fsp3) is 0.459. The zero-order chi connectivity index (χ0) is 33.6. The molecule has 11 heteroatoms. The number of hydrogen-bond donors (Lipinski definition) is 3. The molecule has 0 bridgehead atoms. The third-order valence-electron chi connectivity index (χ3n) is 9.78. The molecule has 3 aliphatic rings. The minimum Gasteiger partial charge on any atom is -0.331 e. The van der Waals surface area contributed by atoms with E-state index >= 15 is 0 Å². The number of hydroxylamine groups is 2. The van der Waals surface area contributed by atoms with Gasteiger partial charge in [0.1, 0.15) is 18.6 Å². The van der Waals surface area contributed by atoms with Crippen molar-refractivity contribution in [2.45, 2.75) is 104 Å². The average Bonchev–Trinajstić information content (AvgIpc) is 3.81. The van der Waals surface area contributed by atoms with E-state index in [0.29, 0.717) is 24.4 Å². The van der Waals surface area contributed by atoms with Gasteiger partial charge in [0, 0.05) is 29.8 Å². The molecule has 1 fully saturated rings. The van der Waals surface area contributed by atoms with Crippen LogP contribution in [0.2, 0.25) is 0 Å². The lowest BCUT2D eigenvalue weighted by Gasteiger charge is -2.35. The Bertz CT molecular complexity index is 1800. The summed E-state index contributed by atoms with van der Waals surface area (Å²) in [5.74, 6) is 3.02. The molecule has 252 valence electrons. The van der Waals surface area contributed by atoms with Gasteiger partial charge in [-0.2, -0.15) is 5.10 Å². The summed E-state index contributed by atoms with van der Waals surface area (Å²) in [5, 5.41) is 25.9. The Labute approximate surface area is 282 Å². The number of carbonyl (C=O) groups excluding carboxylic acids is 1. The van der Waals surface area contributed by atoms with Crippen LogP contribution in [0.25, 0.3) is 11.8 Å². The van der Waals surface area contributed by atoms with Gasteiger partial charge in [0.25, 0.3) is 0 Å². The molecule has 0 spiro atoms. The van der Waals surface area contributed by atoms with E-state index in [4.69, 9.17) is 9.94 Å². The number of carbonyl (C=O) groups is 1. The summed E-state index contributed by atoms with van der Waals surface area (Å²) in [4.78, 5) is 20.2. The summed E-state index contributed by atoms with van der Waals surface area (Å²) in [6.45, 7) is 13.5. The highest BCUT2D eigenvalue weighted by molar-refractivity contribution is 5.89. The Balaban J connectivity index is 1.04. The van der Waals surface area contributed by atoms with Crippen LogP contribution in [-0.4, -0.2) is 41.7 Å². The highest BCUT2D eigenvalue weighted by atomic mass is 16.7. The van der Waals surface area contributed by atoms with Gasteiger partial charge in [0.15, 0.2) is 11.6 Å². The number of urea groups is 1. The number of anilines is 1. The van der Waals surface area contributed by atoms with Crippen molar-refractivity contribution in [1.29, 1.82) is 0 Å². The van der Waals surface area contributed by atoms with Crippen LogP contribution < -0.4 is 16.0 Å². The van der Waals surface area contributed by atoms with Crippen LogP contribution >= 0.6 is 0 Å². The van der Waals surface area contributed by atoms with Crippen LogP contribution in [0, 0.1) is 12.8 Å². The smallest absolute Gasteiger partial charge is 0.320 e. The largest absolute Gasteiger partial charge is 0.331 e. The van der Waals surface area contributed by atoms with E-state index in [-0.39, 0.29) is 29.6 Å². The molecular weight excluding hydrogens is 602 g/mol. The molecule has 4 aromatic rings. The highest BCUT2D eigenvalue weighted by Gasteiger charge is 2.34. The summed E-state index contributed by atoms with van der Waals surface area (Å²) >= 11 is 0. The molecule has 11 nitrogen and oxygen atoms in total. The summed E-state index contributed by atoms with van der Waals surface area (Å²) in [6.07, 6.45) is 7.44. The SMILES string of the molecule is Cc1ccc(-n2nc(C(C)(C)C)cc2NC(=O)N[C@H]2CC[C@@H](ON3C=Cc4nnc(C5CCC(C(C)C)N5)n4C3)c3ccccc32)cc1. The van der Waals surface area contributed by atoms with Gasteiger partial charge in [-0.3, -0.25) is 14.7 Å². The molecule has 2 aliphatic heterocycles. The van der Waals surface area contributed by atoms with E-state index in [1.54, 1.807) is 0 Å². The summed E-state index contributed by atoms with van der Waals surface area (Å²) < 4.78 is 3.96. The molecule has 2 unspecified atom stereocenters. The van der Waals surface area contributed by atoms with Crippen molar-refractivity contribution in [2.75, 3.05) is 5.32 Å². The van der Waals surface area contributed by atoms with Gasteiger partial charge in [0.2, 0.25) is 0 Å². The van der Waals surface area contributed by atoms with Crippen LogP contribution in [0.1, 0.15) is 113 Å². The van der Waals surface area contributed by atoms with E-state index in [9.17, 15) is 4.79 Å². The third-order valence-corrected chi connectivity index (χ3v) is 9.78. The maximum atomic E-state index is 13.5. The monoisotopic (exact) mass is 649 g/mol. The average molecular weight is 650 g/mol. The molecule has 7 rings (SSSR count). The zero-order valence-corrected chi connectivity index (χ0v) is 28.8. The minimum atomic E-state index is -0.269. The van der Waals surface area contributed by atoms with Gasteiger partial charge in [-0.25, -0.2) is 14.5 Å². The molecule has 4 heterocycles. The predicted octanol–water partition coefficient (Wildman–Crippen LogP) is 7.09. The molecule has 1 aliphatic carbocycles. The van der Waals surface area contributed by atoms with Crippen molar-refractivity contribution >= 4 is 17.9 Å². The molecule has 2 amide bonds. The lowest BCUT2D eigenvalue weighted by Crippen LogP contribution is -2.37. The topological polar surface area (TPSA) is 114 Å². The maximum Gasteiger partial charge on any atom is 0.320 e. The number of amides is 2. The summed E-state index contributed by atoms with van der Waals surface area (Å²) in [7, 11) is 0. The standard InChI is InChI=1S/C37H47N9O2/c1-23(2)28-15-16-30(38-28)35-42-41-33-19-20-44(22-45(33)35)48-31-18-17-29(26-9-7-8-10-27(26)31)39-36(47)40-34-21-32(37(4,5)6)43-46(34)25-13-11-24(3)12-14-25/h7-14,19-21,23,28-31,38H,15-18,22H2,1-6H3,(H2,39,40,47)/t28?,29-,30?,31+/m0/s1. The molecule has 4 atom stereocenters. The number of aromatic nitrogens is 5. The maximum absolute atomic E-state index is 13.5. The number of rotatable bonds is 7. The van der Waals surface area contributed by atoms with E-state index in [1.165, 1.54) is 0 Å². The number of benzene rings is 2.